The molecule has 0 spiro atoms. The van der Waals surface area contributed by atoms with Gasteiger partial charge in [-0.1, -0.05) is 49.7 Å². The van der Waals surface area contributed by atoms with E-state index in [0.29, 0.717) is 0 Å². The second kappa shape index (κ2) is 14.6. The van der Waals surface area contributed by atoms with Crippen LogP contribution in [0.2, 0.25) is 0 Å². The van der Waals surface area contributed by atoms with Gasteiger partial charge in [0.05, 0.1) is 6.61 Å². The van der Waals surface area contributed by atoms with Crippen LogP contribution < -0.4 is 0 Å². The topological polar surface area (TPSA) is 18.5 Å². The highest BCUT2D eigenvalue weighted by Gasteiger charge is 2.01. The van der Waals surface area contributed by atoms with Crippen molar-refractivity contribution in [3.63, 3.8) is 0 Å². The minimum atomic E-state index is 0.0110. The molecule has 0 amide bonds. The zero-order valence-corrected chi connectivity index (χ0v) is 13.6. The van der Waals surface area contributed by atoms with Gasteiger partial charge >= 0.3 is 0 Å². The van der Waals surface area contributed by atoms with Crippen molar-refractivity contribution < 1.29 is 9.47 Å². The molecule has 0 aliphatic rings. The Hall–Kier alpha value is -0.780. The van der Waals surface area contributed by atoms with Gasteiger partial charge in [-0.25, -0.2) is 0 Å². The van der Waals surface area contributed by atoms with Gasteiger partial charge in [-0.05, 0) is 32.6 Å². The second-order valence-electron chi connectivity index (χ2n) is 5.41. The smallest absolute Gasteiger partial charge is 0.117 e. The zero-order valence-electron chi connectivity index (χ0n) is 13.6. The van der Waals surface area contributed by atoms with Gasteiger partial charge in [0, 0.05) is 14.2 Å². The molecular formula is C18H32O2. The molecule has 0 saturated carbocycles. The first kappa shape index (κ1) is 19.2. The molecule has 0 aromatic rings. The predicted octanol–water partition coefficient (Wildman–Crippen LogP) is 4.74. The largest absolute Gasteiger partial charge is 0.381 e. The third-order valence-electron chi connectivity index (χ3n) is 3.61. The van der Waals surface area contributed by atoms with Gasteiger partial charge in [0.25, 0.3) is 0 Å². The Morgan fingerprint density at radius 2 is 1.65 bits per heavy atom. The number of terminal acetylenes is 1. The predicted molar refractivity (Wildman–Crippen MR) is 86.8 cm³/mol. The molecule has 0 aromatic carbocycles. The fourth-order valence-corrected chi connectivity index (χ4v) is 2.21. The lowest BCUT2D eigenvalue weighted by molar-refractivity contribution is 0.138. The number of methoxy groups -OCH3 is 2. The van der Waals surface area contributed by atoms with Gasteiger partial charge in [-0.2, -0.15) is 0 Å². The first-order valence-corrected chi connectivity index (χ1v) is 7.88. The maximum atomic E-state index is 5.35. The van der Waals surface area contributed by atoms with Crippen LogP contribution in [0.4, 0.5) is 0 Å². The molecule has 0 bridgehead atoms. The standard InChI is InChI=1S/C18H32O2/c1-5-18(20-4)14-12-10-8-6-7-9-11-13-17(2)15-16-19-3/h1,15,18H,6-14,16H2,2-4H3/b17-15+. The van der Waals surface area contributed by atoms with E-state index in [1.54, 1.807) is 14.2 Å². The van der Waals surface area contributed by atoms with Gasteiger partial charge in [-0.15, -0.1) is 6.42 Å². The number of unbranched alkanes of at least 4 members (excludes halogenated alkanes) is 6. The summed E-state index contributed by atoms with van der Waals surface area (Å²) in [5, 5.41) is 0. The summed E-state index contributed by atoms with van der Waals surface area (Å²) in [7, 11) is 3.43. The molecule has 0 N–H and O–H groups in total. The summed E-state index contributed by atoms with van der Waals surface area (Å²) in [5.74, 6) is 2.66. The summed E-state index contributed by atoms with van der Waals surface area (Å²) < 4.78 is 10.2. The number of rotatable bonds is 13. The Bertz CT molecular complexity index is 276. The van der Waals surface area contributed by atoms with Crippen LogP contribution in [0.1, 0.15) is 64.7 Å². The quantitative estimate of drug-likeness (QED) is 0.276. The van der Waals surface area contributed by atoms with E-state index in [0.717, 1.165) is 13.0 Å². The van der Waals surface area contributed by atoms with Crippen LogP contribution in [0.15, 0.2) is 11.6 Å². The van der Waals surface area contributed by atoms with E-state index in [2.05, 4.69) is 18.9 Å². The summed E-state index contributed by atoms with van der Waals surface area (Å²) in [6, 6.07) is 0. The fraction of sp³-hybridized carbons (Fsp3) is 0.778. The first-order chi connectivity index (χ1) is 9.74. The highest BCUT2D eigenvalue weighted by molar-refractivity contribution is 4.97. The molecule has 0 heterocycles. The molecule has 0 aromatic heterocycles. The van der Waals surface area contributed by atoms with Crippen LogP contribution in [-0.2, 0) is 9.47 Å². The van der Waals surface area contributed by atoms with Crippen molar-refractivity contribution in [3.8, 4) is 12.3 Å². The van der Waals surface area contributed by atoms with Crippen LogP contribution >= 0.6 is 0 Å². The van der Waals surface area contributed by atoms with Gasteiger partial charge in [0.1, 0.15) is 6.10 Å². The third-order valence-corrected chi connectivity index (χ3v) is 3.61. The number of hydrogen-bond donors (Lipinski definition) is 0. The van der Waals surface area contributed by atoms with Crippen molar-refractivity contribution in [1.29, 1.82) is 0 Å². The first-order valence-electron chi connectivity index (χ1n) is 7.88. The van der Waals surface area contributed by atoms with E-state index in [4.69, 9.17) is 15.9 Å². The lowest BCUT2D eigenvalue weighted by Crippen LogP contribution is -2.06. The lowest BCUT2D eigenvalue weighted by Gasteiger charge is -2.07. The summed E-state index contributed by atoms with van der Waals surface area (Å²) in [5.41, 5.74) is 1.45. The Labute approximate surface area is 125 Å². The minimum absolute atomic E-state index is 0.0110. The van der Waals surface area contributed by atoms with Crippen molar-refractivity contribution in [3.05, 3.63) is 11.6 Å². The molecule has 0 rings (SSSR count). The van der Waals surface area contributed by atoms with Gasteiger partial charge < -0.3 is 9.47 Å². The number of ether oxygens (including phenoxy) is 2. The van der Waals surface area contributed by atoms with Gasteiger partial charge in [0.15, 0.2) is 0 Å². The Balaban J connectivity index is 3.27. The summed E-state index contributed by atoms with van der Waals surface area (Å²) in [6.45, 7) is 2.93. The average molecular weight is 280 g/mol. The fourth-order valence-electron chi connectivity index (χ4n) is 2.21. The molecule has 0 fully saturated rings. The molecule has 0 radical (unpaired) electrons. The molecule has 2 heteroatoms. The van der Waals surface area contributed by atoms with Crippen LogP contribution in [0.5, 0.6) is 0 Å². The summed E-state index contributed by atoms with van der Waals surface area (Å²) in [6.07, 6.45) is 18.8. The molecule has 0 aliphatic heterocycles. The van der Waals surface area contributed by atoms with Crippen LogP contribution in [0.25, 0.3) is 0 Å². The Morgan fingerprint density at radius 3 is 2.20 bits per heavy atom. The molecule has 2 nitrogen and oxygen atoms in total. The van der Waals surface area contributed by atoms with Crippen molar-refractivity contribution in [2.75, 3.05) is 20.8 Å². The Morgan fingerprint density at radius 1 is 1.05 bits per heavy atom. The summed E-state index contributed by atoms with van der Waals surface area (Å²) in [4.78, 5) is 0. The van der Waals surface area contributed by atoms with E-state index >= 15 is 0 Å². The van der Waals surface area contributed by atoms with E-state index in [1.807, 2.05) is 0 Å². The normalized spacial score (nSPS) is 13.2. The van der Waals surface area contributed by atoms with E-state index in [1.165, 1.54) is 56.9 Å². The monoisotopic (exact) mass is 280 g/mol. The number of hydrogen-bond acceptors (Lipinski definition) is 2. The Kier molecular flexibility index (Phi) is 14.1. The maximum Gasteiger partial charge on any atom is 0.117 e. The number of allylic oxidation sites excluding steroid dienone is 1. The minimum Gasteiger partial charge on any atom is -0.381 e. The van der Waals surface area contributed by atoms with Crippen LogP contribution in [-0.4, -0.2) is 26.9 Å². The highest BCUT2D eigenvalue weighted by Crippen LogP contribution is 2.13. The molecule has 20 heavy (non-hydrogen) atoms. The molecular weight excluding hydrogens is 248 g/mol. The summed E-state index contributed by atoms with van der Waals surface area (Å²) >= 11 is 0. The third kappa shape index (κ3) is 12.3. The van der Waals surface area contributed by atoms with E-state index in [-0.39, 0.29) is 6.10 Å². The van der Waals surface area contributed by atoms with Crippen molar-refractivity contribution >= 4 is 0 Å². The molecule has 0 aliphatic carbocycles. The zero-order chi connectivity index (χ0) is 15.1. The van der Waals surface area contributed by atoms with Gasteiger partial charge in [-0.3, -0.25) is 0 Å². The van der Waals surface area contributed by atoms with Gasteiger partial charge in [0.2, 0.25) is 0 Å². The SMILES string of the molecule is C#CC(CCCCCCCCC/C(C)=C/COC)OC. The van der Waals surface area contributed by atoms with Crippen molar-refractivity contribution in [1.82, 2.24) is 0 Å². The lowest BCUT2D eigenvalue weighted by atomic mass is 10.0. The van der Waals surface area contributed by atoms with E-state index < -0.39 is 0 Å². The van der Waals surface area contributed by atoms with Crippen molar-refractivity contribution in [2.45, 2.75) is 70.8 Å². The molecule has 1 unspecified atom stereocenters. The highest BCUT2D eigenvalue weighted by atomic mass is 16.5. The maximum absolute atomic E-state index is 5.35. The molecule has 1 atom stereocenters. The van der Waals surface area contributed by atoms with Crippen LogP contribution in [0, 0.1) is 12.3 Å². The van der Waals surface area contributed by atoms with Crippen LogP contribution in [0.3, 0.4) is 0 Å². The van der Waals surface area contributed by atoms with E-state index in [9.17, 15) is 0 Å². The second-order valence-corrected chi connectivity index (χ2v) is 5.41. The molecule has 0 saturated heterocycles. The van der Waals surface area contributed by atoms with Crippen molar-refractivity contribution in [2.24, 2.45) is 0 Å². The molecule has 116 valence electrons. The average Bonchev–Trinajstić information content (AvgIpc) is 2.47.